The fraction of sp³-hybridized carbons (Fsp3) is 0.333. The van der Waals surface area contributed by atoms with Crippen LogP contribution in [0.5, 0.6) is 5.88 Å². The first-order chi connectivity index (χ1) is 17.8. The predicted molar refractivity (Wildman–Crippen MR) is 135 cm³/mol. The number of hydrogen-bond donors (Lipinski definition) is 1. The number of amides is 2. The van der Waals surface area contributed by atoms with Crippen molar-refractivity contribution in [3.8, 4) is 23.1 Å². The Morgan fingerprint density at radius 3 is 2.78 bits per heavy atom. The van der Waals surface area contributed by atoms with Gasteiger partial charge < -0.3 is 19.6 Å². The molecule has 2 amide bonds. The van der Waals surface area contributed by atoms with Gasteiger partial charge in [0.25, 0.3) is 11.8 Å². The molecule has 0 spiro atoms. The van der Waals surface area contributed by atoms with Gasteiger partial charge in [0.15, 0.2) is 0 Å². The van der Waals surface area contributed by atoms with Gasteiger partial charge in [-0.05, 0) is 30.7 Å². The summed E-state index contributed by atoms with van der Waals surface area (Å²) in [5.74, 6) is -0.644. The average Bonchev–Trinajstić information content (AvgIpc) is 2.94. The number of benzene rings is 1. The zero-order valence-electron chi connectivity index (χ0n) is 20.9. The number of aliphatic hydroxyl groups excluding tert-OH is 1. The number of carbonyl (C=O) groups excluding carboxylic acids is 2. The molecule has 10 nitrogen and oxygen atoms in total. The Balaban J connectivity index is 1.70. The summed E-state index contributed by atoms with van der Waals surface area (Å²) < 4.78 is 6.27. The molecule has 190 valence electrons. The molecule has 1 aliphatic rings. The van der Waals surface area contributed by atoms with Crippen LogP contribution in [0.25, 0.3) is 11.1 Å². The van der Waals surface area contributed by atoms with E-state index in [9.17, 15) is 20.0 Å². The van der Waals surface area contributed by atoms with Gasteiger partial charge in [-0.2, -0.15) is 5.26 Å². The Hall–Kier alpha value is -4.36. The number of hydrogen-bond acceptors (Lipinski definition) is 8. The van der Waals surface area contributed by atoms with Gasteiger partial charge in [-0.15, -0.1) is 0 Å². The normalized spacial score (nSPS) is 18.0. The molecule has 0 aliphatic carbocycles. The summed E-state index contributed by atoms with van der Waals surface area (Å²) in [6.45, 7) is 4.04. The minimum atomic E-state index is -0.494. The van der Waals surface area contributed by atoms with Gasteiger partial charge in [0.05, 0.1) is 37.0 Å². The maximum absolute atomic E-state index is 13.6. The third-order valence-corrected chi connectivity index (χ3v) is 6.43. The molecule has 0 unspecified atom stereocenters. The van der Waals surface area contributed by atoms with E-state index in [1.807, 2.05) is 13.0 Å². The van der Waals surface area contributed by atoms with E-state index in [0.717, 1.165) is 5.56 Å². The first-order valence-electron chi connectivity index (χ1n) is 11.9. The number of carbonyl (C=O) groups is 2. The minimum absolute atomic E-state index is 0.150. The number of rotatable bonds is 6. The summed E-state index contributed by atoms with van der Waals surface area (Å²) in [7, 11) is 1.66. The average molecular weight is 501 g/mol. The van der Waals surface area contributed by atoms with Crippen molar-refractivity contribution in [3.05, 3.63) is 71.9 Å². The molecule has 1 aromatic carbocycles. The highest BCUT2D eigenvalue weighted by Gasteiger charge is 2.35. The summed E-state index contributed by atoms with van der Waals surface area (Å²) >= 11 is 0. The number of nitriles is 1. The molecule has 0 fully saturated rings. The van der Waals surface area contributed by atoms with Crippen molar-refractivity contribution in [1.29, 1.82) is 5.26 Å². The van der Waals surface area contributed by atoms with E-state index in [4.69, 9.17) is 4.74 Å². The molecule has 3 heterocycles. The van der Waals surface area contributed by atoms with Crippen molar-refractivity contribution >= 4 is 11.8 Å². The largest absolute Gasteiger partial charge is 0.472 e. The molecule has 1 N–H and O–H groups in total. The second kappa shape index (κ2) is 11.1. The van der Waals surface area contributed by atoms with Crippen molar-refractivity contribution in [1.82, 2.24) is 24.8 Å². The first-order valence-corrected chi connectivity index (χ1v) is 11.9. The lowest BCUT2D eigenvalue weighted by molar-refractivity contribution is 0.0312. The maximum atomic E-state index is 13.6. The molecule has 0 saturated heterocycles. The fourth-order valence-electron chi connectivity index (χ4n) is 4.20. The van der Waals surface area contributed by atoms with Gasteiger partial charge >= 0.3 is 0 Å². The van der Waals surface area contributed by atoms with Crippen LogP contribution in [0.1, 0.15) is 40.3 Å². The predicted octanol–water partition coefficient (Wildman–Crippen LogP) is 2.40. The number of fused-ring (bicyclic) bond motifs is 1. The molecule has 0 radical (unpaired) electrons. The molecular weight excluding hydrogens is 472 g/mol. The van der Waals surface area contributed by atoms with E-state index in [1.165, 1.54) is 23.5 Å². The van der Waals surface area contributed by atoms with Crippen LogP contribution in [-0.2, 0) is 0 Å². The number of ether oxygens (including phenoxy) is 1. The lowest BCUT2D eigenvalue weighted by Gasteiger charge is -2.37. The van der Waals surface area contributed by atoms with Crippen LogP contribution in [0.3, 0.4) is 0 Å². The SMILES string of the molecule is C[C@@H]1CN([C@H](C)CO)C(=O)c2cc(-c3cccc(C#N)c3)cnc2O[C@H]1CN(C)C(=O)c1cnccn1. The molecule has 1 aliphatic heterocycles. The second-order valence-electron chi connectivity index (χ2n) is 9.17. The molecule has 10 heteroatoms. The molecule has 0 saturated carbocycles. The fourth-order valence-corrected chi connectivity index (χ4v) is 4.20. The first kappa shape index (κ1) is 25.7. The van der Waals surface area contributed by atoms with Crippen LogP contribution in [-0.4, -0.2) is 80.6 Å². The lowest BCUT2D eigenvalue weighted by Crippen LogP contribution is -2.50. The third-order valence-electron chi connectivity index (χ3n) is 6.43. The summed E-state index contributed by atoms with van der Waals surface area (Å²) in [5, 5.41) is 19.1. The van der Waals surface area contributed by atoms with Crippen LogP contribution < -0.4 is 4.74 Å². The van der Waals surface area contributed by atoms with Crippen LogP contribution in [0.4, 0.5) is 0 Å². The quantitative estimate of drug-likeness (QED) is 0.546. The van der Waals surface area contributed by atoms with E-state index in [1.54, 1.807) is 49.3 Å². The van der Waals surface area contributed by atoms with Crippen LogP contribution in [0, 0.1) is 17.2 Å². The minimum Gasteiger partial charge on any atom is -0.472 e. The highest BCUT2D eigenvalue weighted by molar-refractivity contribution is 5.98. The highest BCUT2D eigenvalue weighted by Crippen LogP contribution is 2.30. The van der Waals surface area contributed by atoms with E-state index in [2.05, 4.69) is 21.0 Å². The molecule has 0 bridgehead atoms. The van der Waals surface area contributed by atoms with Crippen molar-refractivity contribution in [2.75, 3.05) is 26.7 Å². The molecule has 4 rings (SSSR count). The third kappa shape index (κ3) is 5.57. The monoisotopic (exact) mass is 500 g/mol. The standard InChI is InChI=1S/C27H28N6O4/c1-17-14-33(18(2)16-34)26(35)22-10-21(20-6-4-5-19(9-20)11-28)12-31-25(22)37-24(17)15-32(3)27(36)23-13-29-7-8-30-23/h4-10,12-13,17-18,24,34H,14-16H2,1-3H3/t17-,18-,24+/m1/s1. The number of nitrogens with zero attached hydrogens (tertiary/aromatic N) is 6. The Kier molecular flexibility index (Phi) is 7.74. The number of likely N-dealkylation sites (N-methyl/N-ethyl adjacent to an activating group) is 1. The van der Waals surface area contributed by atoms with Gasteiger partial charge in [0, 0.05) is 43.7 Å². The highest BCUT2D eigenvalue weighted by atomic mass is 16.5. The Morgan fingerprint density at radius 1 is 1.27 bits per heavy atom. The Morgan fingerprint density at radius 2 is 2.08 bits per heavy atom. The van der Waals surface area contributed by atoms with E-state index >= 15 is 0 Å². The van der Waals surface area contributed by atoms with Crippen LogP contribution >= 0.6 is 0 Å². The molecule has 3 aromatic rings. The van der Waals surface area contributed by atoms with E-state index in [0.29, 0.717) is 17.7 Å². The van der Waals surface area contributed by atoms with Gasteiger partial charge in [-0.25, -0.2) is 9.97 Å². The molecule has 37 heavy (non-hydrogen) atoms. The number of pyridine rings is 1. The van der Waals surface area contributed by atoms with Crippen molar-refractivity contribution in [3.63, 3.8) is 0 Å². The lowest BCUT2D eigenvalue weighted by atomic mass is 9.98. The smallest absolute Gasteiger partial charge is 0.273 e. The van der Waals surface area contributed by atoms with Crippen molar-refractivity contribution < 1.29 is 19.4 Å². The maximum Gasteiger partial charge on any atom is 0.273 e. The molecular formula is C27H28N6O4. The number of aliphatic hydroxyl groups is 1. The zero-order valence-corrected chi connectivity index (χ0v) is 20.9. The van der Waals surface area contributed by atoms with Gasteiger partial charge in [-0.1, -0.05) is 19.1 Å². The van der Waals surface area contributed by atoms with Crippen LogP contribution in [0.15, 0.2) is 55.1 Å². The van der Waals surface area contributed by atoms with E-state index < -0.39 is 12.1 Å². The van der Waals surface area contributed by atoms with Gasteiger partial charge in [0.1, 0.15) is 17.4 Å². The number of aromatic nitrogens is 3. The summed E-state index contributed by atoms with van der Waals surface area (Å²) in [6, 6.07) is 10.4. The van der Waals surface area contributed by atoms with Gasteiger partial charge in [0.2, 0.25) is 5.88 Å². The zero-order chi connectivity index (χ0) is 26.5. The Bertz CT molecular complexity index is 1330. The summed E-state index contributed by atoms with van der Waals surface area (Å²) in [5.41, 5.74) is 2.36. The Labute approximate surface area is 215 Å². The summed E-state index contributed by atoms with van der Waals surface area (Å²) in [6.07, 6.45) is 5.47. The molecule has 3 atom stereocenters. The topological polar surface area (TPSA) is 133 Å². The molecule has 2 aromatic heterocycles. The van der Waals surface area contributed by atoms with Crippen LogP contribution in [0.2, 0.25) is 0 Å². The summed E-state index contributed by atoms with van der Waals surface area (Å²) in [4.78, 5) is 42.1. The van der Waals surface area contributed by atoms with Crippen molar-refractivity contribution in [2.24, 2.45) is 5.92 Å². The van der Waals surface area contributed by atoms with Crippen molar-refractivity contribution in [2.45, 2.75) is 26.0 Å². The van der Waals surface area contributed by atoms with Gasteiger partial charge in [-0.3, -0.25) is 14.6 Å². The second-order valence-corrected chi connectivity index (χ2v) is 9.17. The van der Waals surface area contributed by atoms with E-state index in [-0.39, 0.29) is 48.0 Å².